The van der Waals surface area contributed by atoms with Crippen molar-refractivity contribution in [3.63, 3.8) is 0 Å². The monoisotopic (exact) mass is 237 g/mol. The average molecular weight is 237 g/mol. The number of hydrogen-bond donors (Lipinski definition) is 2. The van der Waals surface area contributed by atoms with Crippen LogP contribution in [0.2, 0.25) is 0 Å². The molecule has 0 rings (SSSR count). The summed E-state index contributed by atoms with van der Waals surface area (Å²) in [6, 6.07) is -0.274. The fraction of sp³-hybridized carbons (Fsp3) is 0.750. The van der Waals surface area contributed by atoms with Crippen molar-refractivity contribution in [3.8, 4) is 0 Å². The molecule has 0 fully saturated rings. The van der Waals surface area contributed by atoms with E-state index in [4.69, 9.17) is 5.11 Å². The SMILES string of the molecule is C[C@H](NPP)C(=O)CC(C)(C)C(=O)O. The van der Waals surface area contributed by atoms with Gasteiger partial charge in [-0.3, -0.25) is 14.7 Å². The molecular formula is C8H17NO3P2. The maximum Gasteiger partial charge on any atom is 0.309 e. The zero-order chi connectivity index (χ0) is 11.4. The van der Waals surface area contributed by atoms with Gasteiger partial charge in [-0.15, -0.1) is 0 Å². The molecule has 0 saturated heterocycles. The number of Topliss-reactive ketones (excluding diaryl/α,β-unsaturated/α-hetero) is 1. The predicted molar refractivity (Wildman–Crippen MR) is 61.7 cm³/mol. The van der Waals surface area contributed by atoms with Crippen LogP contribution in [0.3, 0.4) is 0 Å². The Hall–Kier alpha value is -0.0400. The molecule has 0 spiro atoms. The highest BCUT2D eigenvalue weighted by Crippen LogP contribution is 2.23. The van der Waals surface area contributed by atoms with E-state index in [1.165, 1.54) is 0 Å². The fourth-order valence-corrected chi connectivity index (χ4v) is 2.03. The van der Waals surface area contributed by atoms with Crippen molar-refractivity contribution in [3.05, 3.63) is 0 Å². The molecule has 6 heteroatoms. The summed E-state index contributed by atoms with van der Waals surface area (Å²) in [7, 11) is 2.90. The molecule has 0 aromatic rings. The van der Waals surface area contributed by atoms with Crippen LogP contribution in [0.25, 0.3) is 0 Å². The first kappa shape index (κ1) is 14.0. The molecule has 0 radical (unpaired) electrons. The highest BCUT2D eigenvalue weighted by Gasteiger charge is 2.31. The van der Waals surface area contributed by atoms with Crippen molar-refractivity contribution in [2.75, 3.05) is 0 Å². The van der Waals surface area contributed by atoms with Gasteiger partial charge < -0.3 is 5.11 Å². The molecule has 0 bridgehead atoms. The quantitative estimate of drug-likeness (QED) is 0.685. The Kier molecular flexibility index (Phi) is 5.73. The highest BCUT2D eigenvalue weighted by molar-refractivity contribution is 8.01. The second kappa shape index (κ2) is 5.75. The third kappa shape index (κ3) is 4.45. The summed E-state index contributed by atoms with van der Waals surface area (Å²) in [6.07, 6.45) is 0.0612. The van der Waals surface area contributed by atoms with Crippen molar-refractivity contribution in [1.82, 2.24) is 5.09 Å². The van der Waals surface area contributed by atoms with Crippen molar-refractivity contribution < 1.29 is 14.7 Å². The first-order valence-corrected chi connectivity index (χ1v) is 7.09. The molecule has 14 heavy (non-hydrogen) atoms. The van der Waals surface area contributed by atoms with Crippen molar-refractivity contribution in [1.29, 1.82) is 0 Å². The topological polar surface area (TPSA) is 66.4 Å². The molecule has 0 aliphatic heterocycles. The van der Waals surface area contributed by atoms with Gasteiger partial charge in [0.05, 0.1) is 11.5 Å². The van der Waals surface area contributed by atoms with Gasteiger partial charge in [-0.2, -0.15) is 0 Å². The lowest BCUT2D eigenvalue weighted by atomic mass is 9.86. The molecule has 2 unspecified atom stereocenters. The number of carboxylic acids is 1. The molecule has 82 valence electrons. The molecule has 0 aliphatic rings. The van der Waals surface area contributed by atoms with Gasteiger partial charge in [0, 0.05) is 6.42 Å². The van der Waals surface area contributed by atoms with E-state index in [1.54, 1.807) is 20.8 Å². The minimum Gasteiger partial charge on any atom is -0.481 e. The summed E-state index contributed by atoms with van der Waals surface area (Å²) in [5.74, 6) is -1.00. The van der Waals surface area contributed by atoms with Crippen LogP contribution in [-0.4, -0.2) is 22.9 Å². The number of carbonyl (C=O) groups is 2. The van der Waals surface area contributed by atoms with Gasteiger partial charge in [0.25, 0.3) is 0 Å². The maximum atomic E-state index is 11.5. The van der Waals surface area contributed by atoms with Gasteiger partial charge in [-0.1, -0.05) is 8.93 Å². The van der Waals surface area contributed by atoms with Crippen LogP contribution in [0, 0.1) is 5.41 Å². The molecule has 0 amide bonds. The summed E-state index contributed by atoms with van der Waals surface area (Å²) in [5.41, 5.74) is -0.975. The number of carboxylic acid groups (broad SMARTS) is 1. The number of rotatable bonds is 6. The number of aliphatic carboxylic acids is 1. The summed E-state index contributed by atoms with van der Waals surface area (Å²) in [6.45, 7) is 4.86. The lowest BCUT2D eigenvalue weighted by Crippen LogP contribution is -2.34. The second-order valence-corrected chi connectivity index (χ2v) is 5.29. The largest absolute Gasteiger partial charge is 0.481 e. The van der Waals surface area contributed by atoms with Crippen LogP contribution in [0.15, 0.2) is 0 Å². The normalized spacial score (nSPS) is 14.6. The molecule has 3 atom stereocenters. The van der Waals surface area contributed by atoms with Gasteiger partial charge in [-0.25, -0.2) is 0 Å². The van der Waals surface area contributed by atoms with Crippen LogP contribution in [0.1, 0.15) is 27.2 Å². The van der Waals surface area contributed by atoms with E-state index in [1.807, 2.05) is 0 Å². The minimum absolute atomic E-state index is 0.0612. The number of nitrogens with one attached hydrogen (secondary N) is 1. The van der Waals surface area contributed by atoms with Gasteiger partial charge in [0.15, 0.2) is 5.78 Å². The summed E-state index contributed by atoms with van der Waals surface area (Å²) < 4.78 is 0. The maximum absolute atomic E-state index is 11.5. The molecule has 0 aliphatic carbocycles. The van der Waals surface area contributed by atoms with Crippen molar-refractivity contribution >= 4 is 29.1 Å². The van der Waals surface area contributed by atoms with Crippen LogP contribution >= 0.6 is 17.3 Å². The van der Waals surface area contributed by atoms with E-state index in [9.17, 15) is 9.59 Å². The van der Waals surface area contributed by atoms with Crippen LogP contribution < -0.4 is 5.09 Å². The number of ketones is 1. The third-order valence-electron chi connectivity index (χ3n) is 1.98. The van der Waals surface area contributed by atoms with E-state index in [0.717, 1.165) is 0 Å². The second-order valence-electron chi connectivity index (χ2n) is 3.84. The Bertz CT molecular complexity index is 231. The smallest absolute Gasteiger partial charge is 0.309 e. The Labute approximate surface area is 88.2 Å². The zero-order valence-electron chi connectivity index (χ0n) is 8.63. The Morgan fingerprint density at radius 1 is 1.57 bits per heavy atom. The summed E-state index contributed by atoms with van der Waals surface area (Å²) >= 11 is 0. The lowest BCUT2D eigenvalue weighted by Gasteiger charge is -2.20. The van der Waals surface area contributed by atoms with E-state index in [-0.39, 0.29) is 18.2 Å². The number of hydrogen-bond acceptors (Lipinski definition) is 3. The average Bonchev–Trinajstić information content (AvgIpc) is 2.03. The molecular weight excluding hydrogens is 220 g/mol. The molecule has 0 aromatic heterocycles. The summed E-state index contributed by atoms with van der Waals surface area (Å²) in [5, 5.41) is 11.8. The Morgan fingerprint density at radius 2 is 2.07 bits per heavy atom. The Morgan fingerprint density at radius 3 is 2.43 bits per heavy atom. The lowest BCUT2D eigenvalue weighted by molar-refractivity contribution is -0.149. The van der Waals surface area contributed by atoms with E-state index in [0.29, 0.717) is 8.42 Å². The van der Waals surface area contributed by atoms with Crippen molar-refractivity contribution in [2.45, 2.75) is 33.2 Å². The van der Waals surface area contributed by atoms with Gasteiger partial charge in [0.2, 0.25) is 0 Å². The van der Waals surface area contributed by atoms with Gasteiger partial charge >= 0.3 is 5.97 Å². The van der Waals surface area contributed by atoms with Crippen LogP contribution in [0.5, 0.6) is 0 Å². The van der Waals surface area contributed by atoms with Gasteiger partial charge in [-0.05, 0) is 29.2 Å². The van der Waals surface area contributed by atoms with Crippen LogP contribution in [0.4, 0.5) is 0 Å². The molecule has 0 heterocycles. The number of carbonyl (C=O) groups excluding carboxylic acids is 1. The first-order valence-electron chi connectivity index (χ1n) is 4.28. The zero-order valence-corrected chi connectivity index (χ0v) is 10.8. The van der Waals surface area contributed by atoms with Gasteiger partial charge in [0.1, 0.15) is 0 Å². The molecule has 0 saturated carbocycles. The van der Waals surface area contributed by atoms with Crippen LogP contribution in [-0.2, 0) is 9.59 Å². The first-order chi connectivity index (χ1) is 6.31. The predicted octanol–water partition coefficient (Wildman–Crippen LogP) is 1.42. The van der Waals surface area contributed by atoms with E-state index >= 15 is 0 Å². The highest BCUT2D eigenvalue weighted by atomic mass is 32.0. The molecule has 2 N–H and O–H groups in total. The summed E-state index contributed by atoms with van der Waals surface area (Å²) in [4.78, 5) is 22.3. The minimum atomic E-state index is -0.975. The van der Waals surface area contributed by atoms with Crippen molar-refractivity contribution in [2.24, 2.45) is 5.41 Å². The third-order valence-corrected chi connectivity index (χ3v) is 3.08. The molecule has 4 nitrogen and oxygen atoms in total. The standard InChI is InChI=1S/C8H17NO3P2/c1-5(9-14-13)6(10)4-8(2,3)7(11)12/h5,9,14H,4,13H2,1-3H3,(H,11,12)/t5-/m0/s1. The van der Waals surface area contributed by atoms with E-state index in [2.05, 4.69) is 14.0 Å². The Balaban J connectivity index is 4.24. The van der Waals surface area contributed by atoms with E-state index < -0.39 is 11.4 Å². The molecule has 0 aromatic carbocycles. The fourth-order valence-electron chi connectivity index (χ4n) is 0.870.